The van der Waals surface area contributed by atoms with Crippen LogP contribution in [0.1, 0.15) is 44.2 Å². The van der Waals surface area contributed by atoms with E-state index in [1.54, 1.807) is 24.6 Å². The van der Waals surface area contributed by atoms with E-state index in [2.05, 4.69) is 32.2 Å². The SMILES string of the molecule is CCC(CC)C(=O)Nc1ccc(N2CCN(C(c3ccccc3)c3ncco3)CC2)c(F)c1. The first kappa shape index (κ1) is 23.0. The lowest BCUT2D eigenvalue weighted by atomic mass is 10.0. The summed E-state index contributed by atoms with van der Waals surface area (Å²) in [5.41, 5.74) is 2.18. The molecule has 7 heteroatoms. The summed E-state index contributed by atoms with van der Waals surface area (Å²) in [6.07, 6.45) is 4.80. The largest absolute Gasteiger partial charge is 0.447 e. The van der Waals surface area contributed by atoms with Gasteiger partial charge < -0.3 is 14.6 Å². The molecular weight excluding hydrogens is 419 g/mol. The Labute approximate surface area is 194 Å². The topological polar surface area (TPSA) is 61.6 Å². The third-order valence-corrected chi connectivity index (χ3v) is 6.39. The normalized spacial score (nSPS) is 15.6. The Morgan fingerprint density at radius 2 is 1.82 bits per heavy atom. The average molecular weight is 451 g/mol. The first-order chi connectivity index (χ1) is 16.1. The lowest BCUT2D eigenvalue weighted by molar-refractivity contribution is -0.120. The minimum absolute atomic E-state index is 0.0537. The molecule has 1 unspecified atom stereocenters. The van der Waals surface area contributed by atoms with E-state index in [1.807, 2.05) is 32.0 Å². The maximum atomic E-state index is 15.0. The van der Waals surface area contributed by atoms with Crippen LogP contribution in [-0.4, -0.2) is 42.0 Å². The number of oxazole rings is 1. The summed E-state index contributed by atoms with van der Waals surface area (Å²) in [7, 11) is 0. The summed E-state index contributed by atoms with van der Waals surface area (Å²) in [4.78, 5) is 21.1. The van der Waals surface area contributed by atoms with Gasteiger partial charge in [0.15, 0.2) is 0 Å². The summed E-state index contributed by atoms with van der Waals surface area (Å²) < 4.78 is 20.6. The van der Waals surface area contributed by atoms with E-state index >= 15 is 0 Å². The van der Waals surface area contributed by atoms with Gasteiger partial charge in [0, 0.05) is 37.8 Å². The smallest absolute Gasteiger partial charge is 0.227 e. The van der Waals surface area contributed by atoms with E-state index < -0.39 is 0 Å². The highest BCUT2D eigenvalue weighted by Crippen LogP contribution is 2.30. The molecular formula is C26H31FN4O2. The molecule has 1 aliphatic rings. The number of piperazine rings is 1. The summed E-state index contributed by atoms with van der Waals surface area (Å²) in [5.74, 6) is 0.234. The molecule has 1 amide bonds. The Morgan fingerprint density at radius 3 is 2.42 bits per heavy atom. The molecule has 0 saturated carbocycles. The van der Waals surface area contributed by atoms with Crippen molar-refractivity contribution in [2.45, 2.75) is 32.7 Å². The first-order valence-electron chi connectivity index (χ1n) is 11.6. The molecule has 3 aromatic rings. The minimum atomic E-state index is -0.321. The molecule has 2 aromatic carbocycles. The molecule has 6 nitrogen and oxygen atoms in total. The number of hydrogen-bond acceptors (Lipinski definition) is 5. The molecule has 1 aliphatic heterocycles. The molecule has 0 aliphatic carbocycles. The van der Waals surface area contributed by atoms with Crippen LogP contribution in [0, 0.1) is 11.7 Å². The predicted molar refractivity (Wildman–Crippen MR) is 128 cm³/mol. The van der Waals surface area contributed by atoms with Gasteiger partial charge in [-0.2, -0.15) is 0 Å². The van der Waals surface area contributed by atoms with Crippen LogP contribution >= 0.6 is 0 Å². The molecule has 1 fully saturated rings. The zero-order chi connectivity index (χ0) is 23.2. The van der Waals surface area contributed by atoms with Crippen LogP contribution in [0.5, 0.6) is 0 Å². The monoisotopic (exact) mass is 450 g/mol. The molecule has 2 heterocycles. The fraction of sp³-hybridized carbons (Fsp3) is 0.385. The summed E-state index contributed by atoms with van der Waals surface area (Å²) in [6, 6.07) is 15.1. The number of aromatic nitrogens is 1. The van der Waals surface area contributed by atoms with Gasteiger partial charge in [-0.15, -0.1) is 0 Å². The van der Waals surface area contributed by atoms with Gasteiger partial charge >= 0.3 is 0 Å². The number of amides is 1. The fourth-order valence-electron chi connectivity index (χ4n) is 4.48. The number of benzene rings is 2. The lowest BCUT2D eigenvalue weighted by Gasteiger charge is -2.39. The molecule has 174 valence electrons. The van der Waals surface area contributed by atoms with Crippen LogP contribution in [-0.2, 0) is 4.79 Å². The maximum absolute atomic E-state index is 15.0. The molecule has 0 radical (unpaired) electrons. The van der Waals surface area contributed by atoms with Crippen molar-refractivity contribution in [1.82, 2.24) is 9.88 Å². The van der Waals surface area contributed by atoms with Gasteiger partial charge in [-0.25, -0.2) is 9.37 Å². The van der Waals surface area contributed by atoms with Crippen LogP contribution in [0.25, 0.3) is 0 Å². The highest BCUT2D eigenvalue weighted by molar-refractivity contribution is 5.92. The van der Waals surface area contributed by atoms with Crippen LogP contribution in [0.4, 0.5) is 15.8 Å². The second-order valence-electron chi connectivity index (χ2n) is 8.38. The number of nitrogens with zero attached hydrogens (tertiary/aromatic N) is 3. The average Bonchev–Trinajstić information content (AvgIpc) is 3.36. The van der Waals surface area contributed by atoms with E-state index in [0.717, 1.165) is 31.5 Å². The molecule has 1 aromatic heterocycles. The van der Waals surface area contributed by atoms with Crippen molar-refractivity contribution < 1.29 is 13.6 Å². The number of carbonyl (C=O) groups excluding carboxylic acids is 1. The van der Waals surface area contributed by atoms with Crippen molar-refractivity contribution in [1.29, 1.82) is 0 Å². The Hall–Kier alpha value is -3.19. The van der Waals surface area contributed by atoms with E-state index in [4.69, 9.17) is 4.42 Å². The van der Waals surface area contributed by atoms with Crippen LogP contribution in [0.2, 0.25) is 0 Å². The number of anilines is 2. The van der Waals surface area contributed by atoms with Crippen LogP contribution in [0.3, 0.4) is 0 Å². The van der Waals surface area contributed by atoms with Gasteiger partial charge in [0.2, 0.25) is 11.8 Å². The van der Waals surface area contributed by atoms with Crippen molar-refractivity contribution in [3.63, 3.8) is 0 Å². The van der Waals surface area contributed by atoms with Crippen molar-refractivity contribution in [3.8, 4) is 0 Å². The van der Waals surface area contributed by atoms with Crippen molar-refractivity contribution in [2.24, 2.45) is 5.92 Å². The van der Waals surface area contributed by atoms with Crippen molar-refractivity contribution in [3.05, 3.63) is 78.3 Å². The van der Waals surface area contributed by atoms with Gasteiger partial charge in [-0.3, -0.25) is 9.69 Å². The van der Waals surface area contributed by atoms with E-state index in [-0.39, 0.29) is 23.7 Å². The lowest BCUT2D eigenvalue weighted by Crippen LogP contribution is -2.48. The molecule has 4 rings (SSSR count). The number of nitrogens with one attached hydrogen (secondary N) is 1. The third-order valence-electron chi connectivity index (χ3n) is 6.39. The molecule has 33 heavy (non-hydrogen) atoms. The number of halogens is 1. The van der Waals surface area contributed by atoms with Crippen LogP contribution < -0.4 is 10.2 Å². The second-order valence-corrected chi connectivity index (χ2v) is 8.38. The Morgan fingerprint density at radius 1 is 1.09 bits per heavy atom. The van der Waals surface area contributed by atoms with Crippen molar-refractivity contribution in [2.75, 3.05) is 36.4 Å². The maximum Gasteiger partial charge on any atom is 0.227 e. The third kappa shape index (κ3) is 5.25. The molecule has 0 spiro atoms. The molecule has 1 N–H and O–H groups in total. The van der Waals surface area contributed by atoms with E-state index in [9.17, 15) is 9.18 Å². The number of carbonyl (C=O) groups is 1. The Bertz CT molecular complexity index is 1030. The zero-order valence-electron chi connectivity index (χ0n) is 19.2. The highest BCUT2D eigenvalue weighted by Gasteiger charge is 2.30. The van der Waals surface area contributed by atoms with Crippen LogP contribution in [0.15, 0.2) is 65.4 Å². The van der Waals surface area contributed by atoms with Crippen molar-refractivity contribution >= 4 is 17.3 Å². The number of rotatable bonds is 8. The zero-order valence-corrected chi connectivity index (χ0v) is 19.2. The Kier molecular flexibility index (Phi) is 7.40. The highest BCUT2D eigenvalue weighted by atomic mass is 19.1. The summed E-state index contributed by atoms with van der Waals surface area (Å²) in [5, 5.41) is 2.85. The standard InChI is InChI=1S/C26H31FN4O2/c1-3-19(4-2)25(32)29-21-10-11-23(22(27)18-21)30-13-15-31(16-14-30)24(26-28-12-17-33-26)20-8-6-5-7-9-20/h5-12,17-19,24H,3-4,13-16H2,1-2H3,(H,29,32). The first-order valence-corrected chi connectivity index (χ1v) is 11.6. The van der Waals surface area contributed by atoms with Gasteiger partial charge in [0.1, 0.15) is 18.1 Å². The quantitative estimate of drug-likeness (QED) is 0.517. The van der Waals surface area contributed by atoms with E-state index in [1.165, 1.54) is 6.07 Å². The molecule has 0 bridgehead atoms. The van der Waals surface area contributed by atoms with Gasteiger partial charge in [-0.05, 0) is 36.6 Å². The van der Waals surface area contributed by atoms with Gasteiger partial charge in [0.25, 0.3) is 0 Å². The summed E-state index contributed by atoms with van der Waals surface area (Å²) >= 11 is 0. The van der Waals surface area contributed by atoms with Gasteiger partial charge in [0.05, 0.1) is 11.9 Å². The minimum Gasteiger partial charge on any atom is -0.447 e. The summed E-state index contributed by atoms with van der Waals surface area (Å²) in [6.45, 7) is 6.83. The Balaban J connectivity index is 1.43. The number of hydrogen-bond donors (Lipinski definition) is 1. The predicted octanol–water partition coefficient (Wildman–Crippen LogP) is 5.10. The molecule has 1 atom stereocenters. The van der Waals surface area contributed by atoms with Gasteiger partial charge in [-0.1, -0.05) is 44.2 Å². The fourth-order valence-corrected chi connectivity index (χ4v) is 4.48. The second kappa shape index (κ2) is 10.6. The van der Waals surface area contributed by atoms with E-state index in [0.29, 0.717) is 30.4 Å². The molecule has 1 saturated heterocycles.